The van der Waals surface area contributed by atoms with Gasteiger partial charge in [-0.2, -0.15) is 0 Å². The van der Waals surface area contributed by atoms with E-state index in [4.69, 9.17) is 11.6 Å². The number of thiophene rings is 1. The molecule has 1 aliphatic carbocycles. The monoisotopic (exact) mass is 326 g/mol. The normalized spacial score (nSPS) is 25.2. The van der Waals surface area contributed by atoms with Crippen LogP contribution >= 0.6 is 22.9 Å². The molecular formula is C15H19ClN2O2S. The van der Waals surface area contributed by atoms with Gasteiger partial charge in [0.2, 0.25) is 11.8 Å². The molecule has 1 atom stereocenters. The lowest BCUT2D eigenvalue weighted by molar-refractivity contribution is -0.156. The Bertz CT molecular complexity index is 566. The van der Waals surface area contributed by atoms with Gasteiger partial charge in [-0.25, -0.2) is 0 Å². The molecule has 21 heavy (non-hydrogen) atoms. The van der Waals surface area contributed by atoms with E-state index in [0.29, 0.717) is 10.9 Å². The average Bonchev–Trinajstić information content (AvgIpc) is 2.88. The number of carbonyl (C=O) groups is 2. The van der Waals surface area contributed by atoms with Gasteiger partial charge in [0.05, 0.1) is 10.9 Å². The topological polar surface area (TPSA) is 49.4 Å². The minimum Gasteiger partial charge on any atom is -0.340 e. The lowest BCUT2D eigenvalue weighted by Crippen LogP contribution is -2.69. The summed E-state index contributed by atoms with van der Waals surface area (Å²) < 4.78 is 0.707. The summed E-state index contributed by atoms with van der Waals surface area (Å²) in [5.74, 6) is 0.0259. The van der Waals surface area contributed by atoms with Gasteiger partial charge in [-0.15, -0.1) is 11.3 Å². The zero-order valence-electron chi connectivity index (χ0n) is 12.0. The third-order valence-corrected chi connectivity index (χ3v) is 5.76. The van der Waals surface area contributed by atoms with Crippen molar-refractivity contribution in [3.05, 3.63) is 21.3 Å². The molecule has 2 amide bonds. The van der Waals surface area contributed by atoms with E-state index in [-0.39, 0.29) is 11.8 Å². The summed E-state index contributed by atoms with van der Waals surface area (Å²) in [6.45, 7) is 2.25. The highest BCUT2D eigenvalue weighted by Crippen LogP contribution is 2.34. The van der Waals surface area contributed by atoms with Crippen molar-refractivity contribution in [2.75, 3.05) is 0 Å². The Morgan fingerprint density at radius 3 is 2.67 bits per heavy atom. The van der Waals surface area contributed by atoms with Gasteiger partial charge < -0.3 is 10.2 Å². The van der Waals surface area contributed by atoms with Crippen molar-refractivity contribution in [1.82, 2.24) is 10.2 Å². The zero-order valence-corrected chi connectivity index (χ0v) is 13.6. The van der Waals surface area contributed by atoms with Crippen LogP contribution in [0.4, 0.5) is 0 Å². The molecule has 2 heterocycles. The summed E-state index contributed by atoms with van der Waals surface area (Å²) in [6.07, 6.45) is 4.65. The van der Waals surface area contributed by atoms with Crippen LogP contribution in [0, 0.1) is 0 Å². The van der Waals surface area contributed by atoms with Crippen LogP contribution in [0.1, 0.15) is 43.9 Å². The second kappa shape index (κ2) is 5.61. The molecule has 6 heteroatoms. The van der Waals surface area contributed by atoms with E-state index in [2.05, 4.69) is 5.32 Å². The Labute approximate surface area is 133 Å². The molecule has 1 saturated heterocycles. The summed E-state index contributed by atoms with van der Waals surface area (Å²) in [5, 5.41) is 3.00. The van der Waals surface area contributed by atoms with E-state index in [9.17, 15) is 9.59 Å². The second-order valence-corrected chi connectivity index (χ2v) is 7.75. The van der Waals surface area contributed by atoms with Crippen LogP contribution in [-0.4, -0.2) is 28.3 Å². The Kier molecular flexibility index (Phi) is 3.97. The molecule has 1 spiro atoms. The first kappa shape index (κ1) is 14.9. The van der Waals surface area contributed by atoms with E-state index in [1.165, 1.54) is 11.3 Å². The smallest absolute Gasteiger partial charge is 0.249 e. The van der Waals surface area contributed by atoms with Crippen molar-refractivity contribution in [2.45, 2.75) is 57.2 Å². The van der Waals surface area contributed by atoms with Crippen molar-refractivity contribution < 1.29 is 9.59 Å². The minimum absolute atomic E-state index is 0.0425. The van der Waals surface area contributed by atoms with Gasteiger partial charge in [0.25, 0.3) is 0 Å². The van der Waals surface area contributed by atoms with E-state index < -0.39 is 11.6 Å². The lowest BCUT2D eigenvalue weighted by Gasteiger charge is -2.46. The van der Waals surface area contributed by atoms with Crippen molar-refractivity contribution in [1.29, 1.82) is 0 Å². The summed E-state index contributed by atoms with van der Waals surface area (Å²) in [6, 6.07) is 3.33. The number of hydrogen-bond donors (Lipinski definition) is 1. The third kappa shape index (κ3) is 2.69. The third-order valence-electron chi connectivity index (χ3n) is 4.54. The van der Waals surface area contributed by atoms with Crippen molar-refractivity contribution >= 4 is 34.8 Å². The van der Waals surface area contributed by atoms with Crippen LogP contribution in [0.5, 0.6) is 0 Å². The molecule has 2 fully saturated rings. The fraction of sp³-hybridized carbons (Fsp3) is 0.600. The molecule has 2 aliphatic rings. The molecule has 4 nitrogen and oxygen atoms in total. The standard InChI is InChI=1S/C15H19ClN2O2S/c1-10-13(19)17-15(7-3-2-4-8-15)14(20)18(10)9-11-5-6-12(16)21-11/h5-6,10H,2-4,7-9H2,1H3,(H,17,19). The van der Waals surface area contributed by atoms with E-state index in [1.54, 1.807) is 11.8 Å². The maximum atomic E-state index is 13.0. The van der Waals surface area contributed by atoms with Gasteiger partial charge in [-0.05, 0) is 31.9 Å². The summed E-state index contributed by atoms with van der Waals surface area (Å²) in [7, 11) is 0. The fourth-order valence-corrected chi connectivity index (χ4v) is 4.38. The maximum Gasteiger partial charge on any atom is 0.249 e. The van der Waals surface area contributed by atoms with E-state index in [1.807, 2.05) is 12.1 Å². The fourth-order valence-electron chi connectivity index (χ4n) is 3.29. The van der Waals surface area contributed by atoms with Crippen LogP contribution in [0.25, 0.3) is 0 Å². The van der Waals surface area contributed by atoms with Gasteiger partial charge in [0.15, 0.2) is 0 Å². The van der Waals surface area contributed by atoms with Crippen LogP contribution in [0.15, 0.2) is 12.1 Å². The molecule has 0 radical (unpaired) electrons. The molecule has 1 N–H and O–H groups in total. The SMILES string of the molecule is CC1C(=O)NC2(CCCCC2)C(=O)N1Cc1ccc(Cl)s1. The molecular weight excluding hydrogens is 308 g/mol. The number of hydrogen-bond acceptors (Lipinski definition) is 3. The Hall–Kier alpha value is -1.07. The number of halogens is 1. The maximum absolute atomic E-state index is 13.0. The van der Waals surface area contributed by atoms with Gasteiger partial charge >= 0.3 is 0 Å². The Morgan fingerprint density at radius 2 is 2.05 bits per heavy atom. The number of rotatable bonds is 2. The van der Waals surface area contributed by atoms with E-state index in [0.717, 1.165) is 37.0 Å². The predicted octanol–water partition coefficient (Wildman–Crippen LogP) is 2.95. The molecule has 0 bridgehead atoms. The molecule has 1 aromatic rings. The minimum atomic E-state index is -0.664. The van der Waals surface area contributed by atoms with Crippen LogP contribution < -0.4 is 5.32 Å². The molecule has 1 unspecified atom stereocenters. The first-order valence-electron chi connectivity index (χ1n) is 7.39. The molecule has 0 aromatic carbocycles. The van der Waals surface area contributed by atoms with Gasteiger partial charge in [-0.3, -0.25) is 9.59 Å². The van der Waals surface area contributed by atoms with Gasteiger partial charge in [-0.1, -0.05) is 30.9 Å². The number of amides is 2. The molecule has 3 rings (SSSR count). The predicted molar refractivity (Wildman–Crippen MR) is 83.3 cm³/mol. The highest BCUT2D eigenvalue weighted by Gasteiger charge is 2.49. The summed E-state index contributed by atoms with van der Waals surface area (Å²) >= 11 is 7.42. The largest absolute Gasteiger partial charge is 0.340 e. The number of carbonyl (C=O) groups excluding carboxylic acids is 2. The Morgan fingerprint density at radius 1 is 1.33 bits per heavy atom. The van der Waals surface area contributed by atoms with Crippen LogP contribution in [0.3, 0.4) is 0 Å². The number of nitrogens with one attached hydrogen (secondary N) is 1. The van der Waals surface area contributed by atoms with Gasteiger partial charge in [0.1, 0.15) is 11.6 Å². The summed E-state index contributed by atoms with van der Waals surface area (Å²) in [5.41, 5.74) is -0.664. The number of piperazine rings is 1. The van der Waals surface area contributed by atoms with Crippen molar-refractivity contribution in [3.8, 4) is 0 Å². The first-order valence-corrected chi connectivity index (χ1v) is 8.59. The molecule has 1 saturated carbocycles. The van der Waals surface area contributed by atoms with Crippen molar-refractivity contribution in [3.63, 3.8) is 0 Å². The highest BCUT2D eigenvalue weighted by atomic mass is 35.5. The second-order valence-electron chi connectivity index (χ2n) is 5.95. The van der Waals surface area contributed by atoms with Crippen LogP contribution in [0.2, 0.25) is 4.34 Å². The van der Waals surface area contributed by atoms with Crippen molar-refractivity contribution in [2.24, 2.45) is 0 Å². The number of nitrogens with zero attached hydrogens (tertiary/aromatic N) is 1. The van der Waals surface area contributed by atoms with E-state index >= 15 is 0 Å². The quantitative estimate of drug-likeness (QED) is 0.908. The lowest BCUT2D eigenvalue weighted by atomic mass is 9.78. The average molecular weight is 327 g/mol. The molecule has 1 aliphatic heterocycles. The highest BCUT2D eigenvalue weighted by molar-refractivity contribution is 7.16. The first-order chi connectivity index (χ1) is 10.0. The Balaban J connectivity index is 1.86. The van der Waals surface area contributed by atoms with Gasteiger partial charge in [0, 0.05) is 4.88 Å². The molecule has 1 aromatic heterocycles. The van der Waals surface area contributed by atoms with Crippen LogP contribution in [-0.2, 0) is 16.1 Å². The molecule has 114 valence electrons. The zero-order chi connectivity index (χ0) is 15.0. The summed E-state index contributed by atoms with van der Waals surface area (Å²) in [4.78, 5) is 28.0.